The van der Waals surface area contributed by atoms with Crippen LogP contribution in [0, 0.1) is 0 Å². The Hall–Kier alpha value is -0.890. The summed E-state index contributed by atoms with van der Waals surface area (Å²) in [6, 6.07) is 7.76. The minimum absolute atomic E-state index is 0.308. The molecule has 0 bridgehead atoms. The van der Waals surface area contributed by atoms with Gasteiger partial charge >= 0.3 is 7.60 Å². The smallest absolute Gasteiger partial charge is 0.309 e. The molecule has 0 saturated heterocycles. The third-order valence-electron chi connectivity index (χ3n) is 2.36. The standard InChI is InChI=1S/C13H19O3P/c1-4-12-7-9-13(10-8-12)11-16-17(14,6-3)15-5-2/h4,7-10H,1,5-6,11H2,2-3H3. The van der Waals surface area contributed by atoms with Crippen molar-refractivity contribution in [3.63, 3.8) is 0 Å². The van der Waals surface area contributed by atoms with E-state index in [1.54, 1.807) is 13.0 Å². The summed E-state index contributed by atoms with van der Waals surface area (Å²) in [4.78, 5) is 0. The van der Waals surface area contributed by atoms with Crippen LogP contribution in [0.15, 0.2) is 30.8 Å². The molecular weight excluding hydrogens is 235 g/mol. The summed E-state index contributed by atoms with van der Waals surface area (Å²) in [6.07, 6.45) is 2.17. The van der Waals surface area contributed by atoms with E-state index in [1.807, 2.05) is 31.2 Å². The zero-order chi connectivity index (χ0) is 12.7. The monoisotopic (exact) mass is 254 g/mol. The van der Waals surface area contributed by atoms with Gasteiger partial charge in [0.1, 0.15) is 0 Å². The Morgan fingerprint density at radius 1 is 1.24 bits per heavy atom. The van der Waals surface area contributed by atoms with Gasteiger partial charge in [0.25, 0.3) is 0 Å². The lowest BCUT2D eigenvalue weighted by Crippen LogP contribution is -1.98. The van der Waals surface area contributed by atoms with E-state index in [2.05, 4.69) is 6.58 Å². The summed E-state index contributed by atoms with van der Waals surface area (Å²) in [5, 5.41) is 0. The van der Waals surface area contributed by atoms with Gasteiger partial charge in [0.2, 0.25) is 0 Å². The highest BCUT2D eigenvalue weighted by Crippen LogP contribution is 2.48. The van der Waals surface area contributed by atoms with Crippen molar-refractivity contribution in [2.75, 3.05) is 12.8 Å². The molecule has 0 aliphatic heterocycles. The highest BCUT2D eigenvalue weighted by molar-refractivity contribution is 7.53. The molecule has 0 fully saturated rings. The Morgan fingerprint density at radius 2 is 1.88 bits per heavy atom. The molecule has 4 heteroatoms. The highest BCUT2D eigenvalue weighted by Gasteiger charge is 2.20. The van der Waals surface area contributed by atoms with Crippen molar-refractivity contribution in [1.29, 1.82) is 0 Å². The van der Waals surface area contributed by atoms with Crippen LogP contribution in [0.25, 0.3) is 6.08 Å². The Labute approximate surface area is 103 Å². The number of benzene rings is 1. The third-order valence-corrected chi connectivity index (χ3v) is 4.31. The van der Waals surface area contributed by atoms with Gasteiger partial charge in [0, 0.05) is 6.16 Å². The molecule has 0 aliphatic rings. The summed E-state index contributed by atoms with van der Waals surface area (Å²) in [5.74, 6) is 0. The lowest BCUT2D eigenvalue weighted by atomic mass is 10.1. The van der Waals surface area contributed by atoms with Crippen molar-refractivity contribution in [2.24, 2.45) is 0 Å². The molecule has 17 heavy (non-hydrogen) atoms. The topological polar surface area (TPSA) is 35.5 Å². The SMILES string of the molecule is C=Cc1ccc(COP(=O)(CC)OCC)cc1. The van der Waals surface area contributed by atoms with Gasteiger partial charge in [-0.15, -0.1) is 0 Å². The first-order valence-corrected chi connectivity index (χ1v) is 7.46. The lowest BCUT2D eigenvalue weighted by molar-refractivity contribution is 0.206. The molecule has 0 saturated carbocycles. The van der Waals surface area contributed by atoms with Crippen LogP contribution < -0.4 is 0 Å². The molecule has 0 amide bonds. The summed E-state index contributed by atoms with van der Waals surface area (Å²) in [5.41, 5.74) is 2.03. The molecule has 0 aliphatic carbocycles. The minimum Gasteiger partial charge on any atom is -0.309 e. The van der Waals surface area contributed by atoms with Crippen LogP contribution in [-0.4, -0.2) is 12.8 Å². The minimum atomic E-state index is -2.90. The number of hydrogen-bond donors (Lipinski definition) is 0. The van der Waals surface area contributed by atoms with Gasteiger partial charge in [0.15, 0.2) is 0 Å². The van der Waals surface area contributed by atoms with E-state index in [1.165, 1.54) is 0 Å². The van der Waals surface area contributed by atoms with Crippen LogP contribution in [0.4, 0.5) is 0 Å². The van der Waals surface area contributed by atoms with Crippen LogP contribution in [-0.2, 0) is 20.2 Å². The second-order valence-corrected chi connectivity index (χ2v) is 5.93. The van der Waals surface area contributed by atoms with Crippen molar-refractivity contribution in [3.05, 3.63) is 42.0 Å². The Kier molecular flexibility index (Phi) is 5.63. The first kappa shape index (κ1) is 14.2. The average Bonchev–Trinajstić information content (AvgIpc) is 2.37. The van der Waals surface area contributed by atoms with Gasteiger partial charge in [0.05, 0.1) is 13.2 Å². The molecule has 0 spiro atoms. The molecule has 94 valence electrons. The predicted octanol–water partition coefficient (Wildman–Crippen LogP) is 4.10. The fourth-order valence-corrected chi connectivity index (χ4v) is 2.52. The lowest BCUT2D eigenvalue weighted by Gasteiger charge is -2.15. The summed E-state index contributed by atoms with van der Waals surface area (Å²) in [7, 11) is -2.90. The van der Waals surface area contributed by atoms with E-state index in [0.29, 0.717) is 19.4 Å². The van der Waals surface area contributed by atoms with Crippen molar-refractivity contribution in [1.82, 2.24) is 0 Å². The Balaban J connectivity index is 2.59. The van der Waals surface area contributed by atoms with Crippen molar-refractivity contribution < 1.29 is 13.6 Å². The first-order chi connectivity index (χ1) is 8.13. The molecular formula is C13H19O3P. The van der Waals surface area contributed by atoms with Gasteiger partial charge in [-0.3, -0.25) is 4.57 Å². The molecule has 0 N–H and O–H groups in total. The maximum absolute atomic E-state index is 12.0. The zero-order valence-corrected chi connectivity index (χ0v) is 11.3. The van der Waals surface area contributed by atoms with Crippen molar-refractivity contribution in [2.45, 2.75) is 20.5 Å². The maximum atomic E-state index is 12.0. The van der Waals surface area contributed by atoms with Crippen molar-refractivity contribution in [3.8, 4) is 0 Å². The fraction of sp³-hybridized carbons (Fsp3) is 0.385. The molecule has 1 unspecified atom stereocenters. The van der Waals surface area contributed by atoms with E-state index in [4.69, 9.17) is 9.05 Å². The van der Waals surface area contributed by atoms with Gasteiger partial charge in [-0.1, -0.05) is 43.8 Å². The summed E-state index contributed by atoms with van der Waals surface area (Å²) >= 11 is 0. The first-order valence-electron chi connectivity index (χ1n) is 5.73. The van der Waals surface area contributed by atoms with Crippen molar-refractivity contribution >= 4 is 13.7 Å². The largest absolute Gasteiger partial charge is 0.330 e. The molecule has 1 aromatic carbocycles. The van der Waals surface area contributed by atoms with Gasteiger partial charge < -0.3 is 9.05 Å². The van der Waals surface area contributed by atoms with Gasteiger partial charge in [-0.05, 0) is 18.1 Å². The van der Waals surface area contributed by atoms with E-state index in [9.17, 15) is 4.57 Å². The molecule has 0 aromatic heterocycles. The van der Waals surface area contributed by atoms with E-state index in [0.717, 1.165) is 11.1 Å². The second-order valence-electron chi connectivity index (χ2n) is 3.56. The zero-order valence-electron chi connectivity index (χ0n) is 10.4. The van der Waals surface area contributed by atoms with Gasteiger partial charge in [-0.25, -0.2) is 0 Å². The normalized spacial score (nSPS) is 14.2. The number of hydrogen-bond acceptors (Lipinski definition) is 3. The Bertz CT molecular complexity index is 398. The molecule has 3 nitrogen and oxygen atoms in total. The predicted molar refractivity (Wildman–Crippen MR) is 71.1 cm³/mol. The summed E-state index contributed by atoms with van der Waals surface area (Å²) in [6.45, 7) is 8.01. The maximum Gasteiger partial charge on any atom is 0.330 e. The molecule has 0 radical (unpaired) electrons. The quantitative estimate of drug-likeness (QED) is 0.687. The fourth-order valence-electron chi connectivity index (χ4n) is 1.34. The van der Waals surface area contributed by atoms with E-state index in [-0.39, 0.29) is 0 Å². The second kappa shape index (κ2) is 6.75. The Morgan fingerprint density at radius 3 is 2.35 bits per heavy atom. The molecule has 1 rings (SSSR count). The highest BCUT2D eigenvalue weighted by atomic mass is 31.2. The molecule has 1 atom stereocenters. The summed E-state index contributed by atoms with van der Waals surface area (Å²) < 4.78 is 22.6. The number of rotatable bonds is 7. The average molecular weight is 254 g/mol. The van der Waals surface area contributed by atoms with E-state index >= 15 is 0 Å². The van der Waals surface area contributed by atoms with Gasteiger partial charge in [-0.2, -0.15) is 0 Å². The van der Waals surface area contributed by atoms with Crippen LogP contribution in [0.1, 0.15) is 25.0 Å². The van der Waals surface area contributed by atoms with Crippen LogP contribution in [0.2, 0.25) is 0 Å². The van der Waals surface area contributed by atoms with Crippen LogP contribution >= 0.6 is 7.60 Å². The third kappa shape index (κ3) is 4.47. The van der Waals surface area contributed by atoms with Crippen LogP contribution in [0.5, 0.6) is 0 Å². The van der Waals surface area contributed by atoms with E-state index < -0.39 is 7.60 Å². The molecule has 1 aromatic rings. The van der Waals surface area contributed by atoms with Crippen LogP contribution in [0.3, 0.4) is 0 Å². The molecule has 0 heterocycles.